The van der Waals surface area contributed by atoms with Crippen LogP contribution in [0.5, 0.6) is 0 Å². The highest BCUT2D eigenvalue weighted by molar-refractivity contribution is 7.72. The molecule has 0 bridgehead atoms. The molecule has 0 heterocycles. The third kappa shape index (κ3) is 2.38. The van der Waals surface area contributed by atoms with Crippen LogP contribution >= 0.6 is 0 Å². The largest absolute Gasteiger partial charge is 0.416 e. The number of halogens is 3. The number of anilines is 1. The van der Waals surface area contributed by atoms with Crippen LogP contribution in [-0.2, 0) is 16.9 Å². The van der Waals surface area contributed by atoms with E-state index < -0.39 is 27.3 Å². The molecule has 0 saturated heterocycles. The van der Waals surface area contributed by atoms with Gasteiger partial charge in [-0.1, -0.05) is 0 Å². The van der Waals surface area contributed by atoms with Gasteiger partial charge in [0, 0.05) is 5.69 Å². The van der Waals surface area contributed by atoms with Crippen LogP contribution in [0, 0.1) is 0 Å². The number of alkyl halides is 3. The number of rotatable bonds is 1. The van der Waals surface area contributed by atoms with Crippen molar-refractivity contribution >= 4 is 16.4 Å². The second-order valence-electron chi connectivity index (χ2n) is 2.57. The summed E-state index contributed by atoms with van der Waals surface area (Å²) in [5.74, 6) is 0. The Morgan fingerprint density at radius 2 is 1.71 bits per heavy atom. The smallest absolute Gasteiger partial charge is 0.399 e. The van der Waals surface area contributed by atoms with Gasteiger partial charge in [0.1, 0.15) is 0 Å². The Labute approximate surface area is 79.3 Å². The Morgan fingerprint density at radius 1 is 1.14 bits per heavy atom. The summed E-state index contributed by atoms with van der Waals surface area (Å²) < 4.78 is 57.4. The van der Waals surface area contributed by atoms with Crippen molar-refractivity contribution in [3.8, 4) is 0 Å². The summed E-state index contributed by atoms with van der Waals surface area (Å²) in [5.41, 5.74) is 3.84. The van der Waals surface area contributed by atoms with Crippen molar-refractivity contribution in [1.82, 2.24) is 0 Å². The van der Waals surface area contributed by atoms with Crippen LogP contribution in [0.4, 0.5) is 18.9 Å². The zero-order chi connectivity index (χ0) is 10.9. The van der Waals surface area contributed by atoms with Crippen LogP contribution in [0.3, 0.4) is 0 Å². The Kier molecular flexibility index (Phi) is 2.70. The van der Waals surface area contributed by atoms with E-state index in [4.69, 9.17) is 5.73 Å². The van der Waals surface area contributed by atoms with Crippen molar-refractivity contribution < 1.29 is 21.6 Å². The van der Waals surface area contributed by atoms with Gasteiger partial charge >= 0.3 is 6.18 Å². The van der Waals surface area contributed by atoms with Crippen molar-refractivity contribution in [2.75, 3.05) is 5.73 Å². The Bertz CT molecular complexity index is 417. The molecule has 0 spiro atoms. The molecule has 0 atom stereocenters. The van der Waals surface area contributed by atoms with E-state index in [1.165, 1.54) is 0 Å². The molecule has 0 saturated carbocycles. The molecule has 0 aromatic heterocycles. The highest BCUT2D eigenvalue weighted by Crippen LogP contribution is 2.31. The molecule has 0 amide bonds. The lowest BCUT2D eigenvalue weighted by Crippen LogP contribution is -2.06. The summed E-state index contributed by atoms with van der Waals surface area (Å²) in [5, 5.41) is 0. The molecule has 14 heavy (non-hydrogen) atoms. The van der Waals surface area contributed by atoms with Crippen LogP contribution < -0.4 is 5.73 Å². The van der Waals surface area contributed by atoms with Gasteiger partial charge in [-0.25, -0.2) is 8.42 Å². The van der Waals surface area contributed by atoms with Crippen molar-refractivity contribution in [3.63, 3.8) is 0 Å². The first kappa shape index (κ1) is 10.8. The first-order valence-electron chi connectivity index (χ1n) is 3.43. The van der Waals surface area contributed by atoms with E-state index >= 15 is 0 Å². The molecule has 1 aromatic rings. The minimum absolute atomic E-state index is 0.228. The molecular formula is C7H6F3NO2S. The topological polar surface area (TPSA) is 60.2 Å². The fourth-order valence-electron chi connectivity index (χ4n) is 0.904. The van der Waals surface area contributed by atoms with Gasteiger partial charge in [-0.15, -0.1) is 0 Å². The Balaban J connectivity index is 3.35. The van der Waals surface area contributed by atoms with Crippen LogP contribution in [0.1, 0.15) is 5.56 Å². The highest BCUT2D eigenvalue weighted by atomic mass is 32.2. The van der Waals surface area contributed by atoms with Crippen LogP contribution in [0.25, 0.3) is 0 Å². The summed E-state index contributed by atoms with van der Waals surface area (Å²) in [7, 11) is -3.06. The van der Waals surface area contributed by atoms with Crippen LogP contribution in [-0.4, -0.2) is 8.42 Å². The SMILES string of the molecule is Nc1cc([SH](=O)=O)cc(C(F)(F)F)c1. The standard InChI is InChI=1S/C7H6F3NO2S/c8-7(9,10)4-1-5(11)3-6(2-4)14(12)13/h1-3,14H,11H2. The summed E-state index contributed by atoms with van der Waals surface area (Å²) in [4.78, 5) is -0.438. The van der Waals surface area contributed by atoms with Crippen LogP contribution in [0.2, 0.25) is 0 Å². The van der Waals surface area contributed by atoms with Crippen molar-refractivity contribution in [1.29, 1.82) is 0 Å². The van der Waals surface area contributed by atoms with Gasteiger partial charge in [-0.05, 0) is 18.2 Å². The molecule has 1 aromatic carbocycles. The first-order chi connectivity index (χ1) is 6.30. The van der Waals surface area contributed by atoms with E-state index in [2.05, 4.69) is 0 Å². The van der Waals surface area contributed by atoms with Crippen LogP contribution in [0.15, 0.2) is 23.1 Å². The predicted molar refractivity (Wildman–Crippen MR) is 44.4 cm³/mol. The zero-order valence-corrected chi connectivity index (χ0v) is 7.60. The van der Waals surface area contributed by atoms with Gasteiger partial charge in [0.2, 0.25) is 0 Å². The van der Waals surface area contributed by atoms with E-state index in [9.17, 15) is 21.6 Å². The first-order valence-corrected chi connectivity index (χ1v) is 4.60. The fourth-order valence-corrected chi connectivity index (χ4v) is 1.40. The summed E-state index contributed by atoms with van der Waals surface area (Å²) in [6.07, 6.45) is -4.59. The molecular weight excluding hydrogens is 219 g/mol. The molecule has 0 unspecified atom stereocenters. The number of hydrogen-bond donors (Lipinski definition) is 2. The molecule has 0 aliphatic heterocycles. The van der Waals surface area contributed by atoms with E-state index in [0.29, 0.717) is 12.1 Å². The van der Waals surface area contributed by atoms with Crippen molar-refractivity contribution in [2.24, 2.45) is 0 Å². The molecule has 78 valence electrons. The second-order valence-corrected chi connectivity index (χ2v) is 3.60. The van der Waals surface area contributed by atoms with E-state index in [-0.39, 0.29) is 5.69 Å². The third-order valence-corrected chi connectivity index (χ3v) is 2.16. The molecule has 0 aliphatic carbocycles. The third-order valence-electron chi connectivity index (χ3n) is 1.48. The second kappa shape index (κ2) is 3.49. The van der Waals surface area contributed by atoms with E-state index in [1.807, 2.05) is 0 Å². The van der Waals surface area contributed by atoms with Gasteiger partial charge in [0.15, 0.2) is 10.7 Å². The van der Waals surface area contributed by atoms with Gasteiger partial charge in [-0.2, -0.15) is 13.2 Å². The number of hydrogen-bond acceptors (Lipinski definition) is 3. The maximum absolute atomic E-state index is 12.2. The summed E-state index contributed by atoms with van der Waals surface area (Å²) in [6.45, 7) is 0. The lowest BCUT2D eigenvalue weighted by atomic mass is 10.2. The monoisotopic (exact) mass is 225 g/mol. The lowest BCUT2D eigenvalue weighted by molar-refractivity contribution is -0.137. The van der Waals surface area contributed by atoms with E-state index in [0.717, 1.165) is 6.07 Å². The maximum Gasteiger partial charge on any atom is 0.416 e. The highest BCUT2D eigenvalue weighted by Gasteiger charge is 2.31. The number of benzene rings is 1. The Morgan fingerprint density at radius 3 is 2.14 bits per heavy atom. The van der Waals surface area contributed by atoms with Gasteiger partial charge in [0.05, 0.1) is 10.5 Å². The molecule has 0 fully saturated rings. The van der Waals surface area contributed by atoms with E-state index in [1.54, 1.807) is 0 Å². The quantitative estimate of drug-likeness (QED) is 0.558. The molecule has 0 aliphatic rings. The molecule has 3 nitrogen and oxygen atoms in total. The van der Waals surface area contributed by atoms with Crippen molar-refractivity contribution in [3.05, 3.63) is 23.8 Å². The number of nitrogen functional groups attached to an aromatic ring is 1. The zero-order valence-electron chi connectivity index (χ0n) is 6.71. The average molecular weight is 225 g/mol. The van der Waals surface area contributed by atoms with Gasteiger partial charge < -0.3 is 5.73 Å². The lowest BCUT2D eigenvalue weighted by Gasteiger charge is -2.07. The number of thiol groups is 1. The molecule has 2 N–H and O–H groups in total. The number of nitrogens with two attached hydrogens (primary N) is 1. The molecule has 1 rings (SSSR count). The maximum atomic E-state index is 12.2. The predicted octanol–water partition coefficient (Wildman–Crippen LogP) is 1.26. The molecule has 7 heteroatoms. The summed E-state index contributed by atoms with van der Waals surface area (Å²) >= 11 is 0. The van der Waals surface area contributed by atoms with Gasteiger partial charge in [0.25, 0.3) is 0 Å². The van der Waals surface area contributed by atoms with Gasteiger partial charge in [-0.3, -0.25) is 0 Å². The minimum atomic E-state index is -4.59. The Hall–Kier alpha value is -1.24. The van der Waals surface area contributed by atoms with Crippen molar-refractivity contribution in [2.45, 2.75) is 11.1 Å². The average Bonchev–Trinajstić information content (AvgIpc) is 2.01. The molecule has 0 radical (unpaired) electrons. The normalized spacial score (nSPS) is 12.0. The fraction of sp³-hybridized carbons (Fsp3) is 0.143. The summed E-state index contributed by atoms with van der Waals surface area (Å²) in [6, 6.07) is 2.20. The minimum Gasteiger partial charge on any atom is -0.399 e.